The SMILES string of the molecule is C=C(S/C=C(\C)Cc1cc(C)c(I)cc1C)c1cc2ccccc2s1. The molecule has 25 heavy (non-hydrogen) atoms. The van der Waals surface area contributed by atoms with E-state index in [0.717, 1.165) is 11.3 Å². The molecule has 0 atom stereocenters. The fourth-order valence-corrected chi connectivity index (χ4v) is 5.14. The smallest absolute Gasteiger partial charge is 0.0416 e. The molecule has 0 amide bonds. The van der Waals surface area contributed by atoms with Gasteiger partial charge in [0.1, 0.15) is 0 Å². The van der Waals surface area contributed by atoms with Crippen molar-refractivity contribution < 1.29 is 0 Å². The molecule has 128 valence electrons. The van der Waals surface area contributed by atoms with E-state index in [1.807, 2.05) is 11.3 Å². The molecule has 1 aromatic heterocycles. The van der Waals surface area contributed by atoms with E-state index in [-0.39, 0.29) is 0 Å². The van der Waals surface area contributed by atoms with Gasteiger partial charge >= 0.3 is 0 Å². The van der Waals surface area contributed by atoms with Crippen LogP contribution in [0.1, 0.15) is 28.5 Å². The highest BCUT2D eigenvalue weighted by Gasteiger charge is 2.06. The summed E-state index contributed by atoms with van der Waals surface area (Å²) in [6, 6.07) is 15.4. The third kappa shape index (κ3) is 4.57. The molecule has 0 spiro atoms. The molecule has 0 N–H and O–H groups in total. The van der Waals surface area contributed by atoms with Crippen LogP contribution in [0.5, 0.6) is 0 Å². The highest BCUT2D eigenvalue weighted by atomic mass is 127. The van der Waals surface area contributed by atoms with E-state index in [9.17, 15) is 0 Å². The zero-order valence-electron chi connectivity index (χ0n) is 14.7. The molecule has 0 saturated heterocycles. The minimum Gasteiger partial charge on any atom is -0.135 e. The second kappa shape index (κ2) is 8.11. The van der Waals surface area contributed by atoms with Gasteiger partial charge in [-0.2, -0.15) is 0 Å². The van der Waals surface area contributed by atoms with Gasteiger partial charge in [0.2, 0.25) is 0 Å². The lowest BCUT2D eigenvalue weighted by Crippen LogP contribution is -1.94. The maximum absolute atomic E-state index is 4.27. The van der Waals surface area contributed by atoms with Crippen LogP contribution >= 0.6 is 45.7 Å². The minimum atomic E-state index is 0.996. The molecule has 2 aromatic carbocycles. The van der Waals surface area contributed by atoms with Crippen molar-refractivity contribution in [2.75, 3.05) is 0 Å². The summed E-state index contributed by atoms with van der Waals surface area (Å²) in [6.45, 7) is 10.9. The van der Waals surface area contributed by atoms with Crippen LogP contribution in [0.4, 0.5) is 0 Å². The molecule has 0 unspecified atom stereocenters. The van der Waals surface area contributed by atoms with Crippen molar-refractivity contribution in [1.82, 2.24) is 0 Å². The first-order valence-electron chi connectivity index (χ1n) is 8.20. The standard InChI is InChI=1S/C22H21IS2/c1-14(9-19-10-16(3)20(23)11-15(19)2)13-24-17(4)22-12-18-7-5-6-8-21(18)25-22/h5-8,10-13H,4,9H2,1-3H3/b14-13+. The topological polar surface area (TPSA) is 0 Å². The summed E-state index contributed by atoms with van der Waals surface area (Å²) in [5.41, 5.74) is 5.52. The van der Waals surface area contributed by atoms with E-state index in [2.05, 4.69) is 97.8 Å². The highest BCUT2D eigenvalue weighted by molar-refractivity contribution is 14.1. The molecule has 0 radical (unpaired) electrons. The normalized spacial score (nSPS) is 11.9. The molecule has 0 saturated carbocycles. The number of aryl methyl sites for hydroxylation is 2. The summed E-state index contributed by atoms with van der Waals surface area (Å²) in [4.78, 5) is 2.38. The van der Waals surface area contributed by atoms with Gasteiger partial charge in [-0.15, -0.1) is 11.3 Å². The molecule has 0 aliphatic rings. The van der Waals surface area contributed by atoms with Crippen molar-refractivity contribution in [3.8, 4) is 0 Å². The lowest BCUT2D eigenvalue weighted by atomic mass is 10.00. The quantitative estimate of drug-likeness (QED) is 0.337. The van der Waals surface area contributed by atoms with E-state index < -0.39 is 0 Å². The van der Waals surface area contributed by atoms with Crippen LogP contribution in [-0.4, -0.2) is 0 Å². The first kappa shape index (κ1) is 18.7. The van der Waals surface area contributed by atoms with Crippen molar-refractivity contribution in [2.45, 2.75) is 27.2 Å². The maximum atomic E-state index is 4.27. The largest absolute Gasteiger partial charge is 0.135 e. The van der Waals surface area contributed by atoms with Crippen molar-refractivity contribution in [3.05, 3.63) is 85.2 Å². The predicted octanol–water partition coefficient (Wildman–Crippen LogP) is 7.97. The van der Waals surface area contributed by atoms with E-state index in [0.29, 0.717) is 0 Å². The maximum Gasteiger partial charge on any atom is 0.0416 e. The van der Waals surface area contributed by atoms with Gasteiger partial charge in [-0.3, -0.25) is 0 Å². The monoisotopic (exact) mass is 476 g/mol. The van der Waals surface area contributed by atoms with Crippen LogP contribution in [0.15, 0.2) is 60.0 Å². The Bertz CT molecular complexity index is 930. The van der Waals surface area contributed by atoms with Crippen LogP contribution in [0.2, 0.25) is 0 Å². The Morgan fingerprint density at radius 2 is 1.92 bits per heavy atom. The van der Waals surface area contributed by atoms with Gasteiger partial charge in [-0.05, 0) is 95.5 Å². The van der Waals surface area contributed by atoms with Gasteiger partial charge in [0.15, 0.2) is 0 Å². The number of thioether (sulfide) groups is 1. The summed E-state index contributed by atoms with van der Waals surface area (Å²) in [7, 11) is 0. The number of hydrogen-bond donors (Lipinski definition) is 0. The molecule has 0 fully saturated rings. The molecule has 3 heteroatoms. The fourth-order valence-electron chi connectivity index (χ4n) is 2.72. The van der Waals surface area contributed by atoms with Gasteiger partial charge in [0.05, 0.1) is 0 Å². The second-order valence-electron chi connectivity index (χ2n) is 6.36. The number of rotatable bonds is 5. The molecule has 3 aromatic rings. The minimum absolute atomic E-state index is 0.996. The van der Waals surface area contributed by atoms with Crippen LogP contribution in [0.3, 0.4) is 0 Å². The Morgan fingerprint density at radius 3 is 2.68 bits per heavy atom. The molecule has 0 aliphatic carbocycles. The highest BCUT2D eigenvalue weighted by Crippen LogP contribution is 2.36. The Labute approximate surface area is 172 Å². The number of benzene rings is 2. The fraction of sp³-hybridized carbons (Fsp3) is 0.182. The Hall–Kier alpha value is -1.04. The number of hydrogen-bond acceptors (Lipinski definition) is 2. The van der Waals surface area contributed by atoms with E-state index >= 15 is 0 Å². The number of allylic oxidation sites excluding steroid dienone is 1. The number of halogens is 1. The molecule has 0 nitrogen and oxygen atoms in total. The van der Waals surface area contributed by atoms with Gasteiger partial charge in [-0.25, -0.2) is 0 Å². The van der Waals surface area contributed by atoms with Gasteiger partial charge in [0, 0.05) is 18.1 Å². The number of fused-ring (bicyclic) bond motifs is 1. The van der Waals surface area contributed by atoms with Crippen LogP contribution in [0.25, 0.3) is 15.0 Å². The average molecular weight is 476 g/mol. The summed E-state index contributed by atoms with van der Waals surface area (Å²) in [5, 5.41) is 3.55. The molecule has 0 bridgehead atoms. The summed E-state index contributed by atoms with van der Waals surface area (Å²) in [5.74, 6) is 0. The molecule has 0 aliphatic heterocycles. The summed E-state index contributed by atoms with van der Waals surface area (Å²) < 4.78 is 2.66. The summed E-state index contributed by atoms with van der Waals surface area (Å²) >= 11 is 5.96. The van der Waals surface area contributed by atoms with Crippen molar-refractivity contribution in [1.29, 1.82) is 0 Å². The first-order chi connectivity index (χ1) is 11.9. The lowest BCUT2D eigenvalue weighted by molar-refractivity contribution is 1.11. The van der Waals surface area contributed by atoms with Crippen molar-refractivity contribution in [2.24, 2.45) is 0 Å². The Morgan fingerprint density at radius 1 is 1.16 bits per heavy atom. The lowest BCUT2D eigenvalue weighted by Gasteiger charge is -2.09. The van der Waals surface area contributed by atoms with Crippen LogP contribution < -0.4 is 0 Å². The molecule has 1 heterocycles. The third-order valence-electron chi connectivity index (χ3n) is 4.19. The Kier molecular flexibility index (Phi) is 6.08. The van der Waals surface area contributed by atoms with Crippen LogP contribution in [0, 0.1) is 17.4 Å². The van der Waals surface area contributed by atoms with Crippen molar-refractivity contribution >= 4 is 60.7 Å². The second-order valence-corrected chi connectivity index (χ2v) is 9.57. The van der Waals surface area contributed by atoms with Gasteiger partial charge < -0.3 is 0 Å². The number of thiophene rings is 1. The van der Waals surface area contributed by atoms with E-state index in [1.165, 1.54) is 40.8 Å². The third-order valence-corrected chi connectivity index (χ3v) is 7.68. The predicted molar refractivity (Wildman–Crippen MR) is 125 cm³/mol. The van der Waals surface area contributed by atoms with Crippen molar-refractivity contribution in [3.63, 3.8) is 0 Å². The Balaban J connectivity index is 1.70. The zero-order valence-corrected chi connectivity index (χ0v) is 18.5. The zero-order chi connectivity index (χ0) is 18.0. The average Bonchev–Trinajstić information content (AvgIpc) is 3.02. The summed E-state index contributed by atoms with van der Waals surface area (Å²) in [6.07, 6.45) is 0.996. The van der Waals surface area contributed by atoms with Gasteiger partial charge in [0.25, 0.3) is 0 Å². The van der Waals surface area contributed by atoms with E-state index in [1.54, 1.807) is 11.8 Å². The molecular weight excluding hydrogens is 455 g/mol. The van der Waals surface area contributed by atoms with Crippen LogP contribution in [-0.2, 0) is 6.42 Å². The molecule has 3 rings (SSSR count). The van der Waals surface area contributed by atoms with Gasteiger partial charge in [-0.1, -0.05) is 48.2 Å². The first-order valence-corrected chi connectivity index (χ1v) is 11.0. The van der Waals surface area contributed by atoms with E-state index in [4.69, 9.17) is 0 Å². The molecular formula is C22H21IS2.